The molecule has 0 bridgehead atoms. The SMILES string of the molecule is Cc1cc(N2CCOCC2)ccc1C=Nc1ccc(Cl)cc1Cl. The number of rotatable bonds is 3. The van der Waals surface area contributed by atoms with E-state index in [-0.39, 0.29) is 0 Å². The smallest absolute Gasteiger partial charge is 0.0817 e. The summed E-state index contributed by atoms with van der Waals surface area (Å²) in [5, 5.41) is 1.16. The van der Waals surface area contributed by atoms with Crippen LogP contribution >= 0.6 is 23.2 Å². The van der Waals surface area contributed by atoms with Gasteiger partial charge in [-0.2, -0.15) is 0 Å². The van der Waals surface area contributed by atoms with E-state index in [9.17, 15) is 0 Å². The first-order valence-electron chi connectivity index (χ1n) is 7.56. The van der Waals surface area contributed by atoms with Gasteiger partial charge in [0.15, 0.2) is 0 Å². The third kappa shape index (κ3) is 4.05. The summed E-state index contributed by atoms with van der Waals surface area (Å²) in [5.41, 5.74) is 4.20. The molecule has 5 heteroatoms. The highest BCUT2D eigenvalue weighted by Gasteiger charge is 2.11. The maximum atomic E-state index is 6.15. The zero-order valence-electron chi connectivity index (χ0n) is 12.9. The van der Waals surface area contributed by atoms with Gasteiger partial charge < -0.3 is 9.64 Å². The van der Waals surface area contributed by atoms with Crippen molar-refractivity contribution < 1.29 is 4.74 Å². The Morgan fingerprint density at radius 1 is 1.09 bits per heavy atom. The molecule has 2 aromatic rings. The third-order valence-electron chi connectivity index (χ3n) is 3.88. The van der Waals surface area contributed by atoms with Crippen LogP contribution in [-0.2, 0) is 4.74 Å². The fourth-order valence-corrected chi connectivity index (χ4v) is 3.01. The Hall–Kier alpha value is -1.55. The van der Waals surface area contributed by atoms with Gasteiger partial charge >= 0.3 is 0 Å². The van der Waals surface area contributed by atoms with Crippen LogP contribution in [0.5, 0.6) is 0 Å². The number of anilines is 1. The standard InChI is InChI=1S/C18H18Cl2N2O/c1-13-10-16(22-6-8-23-9-7-22)4-2-14(13)12-21-18-5-3-15(19)11-17(18)20/h2-5,10-12H,6-9H2,1H3. The van der Waals surface area contributed by atoms with Gasteiger partial charge in [-0.05, 0) is 48.4 Å². The Kier molecular flexibility index (Phi) is 5.21. The fourth-order valence-electron chi connectivity index (χ4n) is 2.55. The van der Waals surface area contributed by atoms with E-state index in [2.05, 4.69) is 35.0 Å². The quantitative estimate of drug-likeness (QED) is 0.737. The first-order valence-corrected chi connectivity index (χ1v) is 8.31. The predicted molar refractivity (Wildman–Crippen MR) is 97.9 cm³/mol. The molecular weight excluding hydrogens is 331 g/mol. The normalized spacial score (nSPS) is 15.3. The van der Waals surface area contributed by atoms with Crippen molar-refractivity contribution >= 4 is 40.8 Å². The molecule has 120 valence electrons. The Morgan fingerprint density at radius 2 is 1.87 bits per heavy atom. The number of halogens is 2. The topological polar surface area (TPSA) is 24.8 Å². The number of benzene rings is 2. The molecule has 1 saturated heterocycles. The van der Waals surface area contributed by atoms with Crippen LogP contribution in [0.1, 0.15) is 11.1 Å². The average Bonchev–Trinajstić information content (AvgIpc) is 2.56. The van der Waals surface area contributed by atoms with E-state index in [1.807, 2.05) is 12.3 Å². The van der Waals surface area contributed by atoms with Gasteiger partial charge in [0, 0.05) is 30.0 Å². The van der Waals surface area contributed by atoms with Crippen LogP contribution in [-0.4, -0.2) is 32.5 Å². The Bertz CT molecular complexity index is 725. The summed E-state index contributed by atoms with van der Waals surface area (Å²) in [5.74, 6) is 0. The zero-order chi connectivity index (χ0) is 16.2. The average molecular weight is 349 g/mol. The molecule has 1 heterocycles. The van der Waals surface area contributed by atoms with Crippen LogP contribution in [0.2, 0.25) is 10.0 Å². The molecule has 0 saturated carbocycles. The molecule has 0 amide bonds. The molecule has 1 aliphatic rings. The largest absolute Gasteiger partial charge is 0.378 e. The number of hydrogen-bond acceptors (Lipinski definition) is 3. The van der Waals surface area contributed by atoms with Gasteiger partial charge in [0.25, 0.3) is 0 Å². The third-order valence-corrected chi connectivity index (χ3v) is 4.42. The lowest BCUT2D eigenvalue weighted by Gasteiger charge is -2.29. The van der Waals surface area contributed by atoms with Crippen molar-refractivity contribution in [1.82, 2.24) is 0 Å². The van der Waals surface area contributed by atoms with Gasteiger partial charge in [0.1, 0.15) is 0 Å². The number of morpholine rings is 1. The maximum absolute atomic E-state index is 6.15. The Balaban J connectivity index is 1.79. The Morgan fingerprint density at radius 3 is 2.57 bits per heavy atom. The van der Waals surface area contributed by atoms with E-state index in [1.54, 1.807) is 12.1 Å². The molecule has 0 unspecified atom stereocenters. The summed E-state index contributed by atoms with van der Waals surface area (Å²) in [6, 6.07) is 11.7. The van der Waals surface area contributed by atoms with Gasteiger partial charge in [-0.3, -0.25) is 4.99 Å². The predicted octanol–water partition coefficient (Wildman–Crippen LogP) is 4.89. The van der Waals surface area contributed by atoms with E-state index >= 15 is 0 Å². The van der Waals surface area contributed by atoms with E-state index < -0.39 is 0 Å². The molecule has 2 aromatic carbocycles. The zero-order valence-corrected chi connectivity index (χ0v) is 14.4. The second kappa shape index (κ2) is 7.35. The second-order valence-corrected chi connectivity index (χ2v) is 6.34. The molecule has 0 N–H and O–H groups in total. The molecule has 0 radical (unpaired) electrons. The van der Waals surface area contributed by atoms with Gasteiger partial charge in [-0.15, -0.1) is 0 Å². The summed E-state index contributed by atoms with van der Waals surface area (Å²) in [4.78, 5) is 6.81. The minimum atomic E-state index is 0.552. The van der Waals surface area contributed by atoms with Crippen molar-refractivity contribution in [2.45, 2.75) is 6.92 Å². The van der Waals surface area contributed by atoms with Crippen LogP contribution in [0.3, 0.4) is 0 Å². The van der Waals surface area contributed by atoms with Crippen molar-refractivity contribution in [3.8, 4) is 0 Å². The molecule has 1 aliphatic heterocycles. The van der Waals surface area contributed by atoms with Crippen LogP contribution in [0.4, 0.5) is 11.4 Å². The molecule has 0 aromatic heterocycles. The van der Waals surface area contributed by atoms with E-state index in [4.69, 9.17) is 27.9 Å². The van der Waals surface area contributed by atoms with Gasteiger partial charge in [-0.25, -0.2) is 0 Å². The van der Waals surface area contributed by atoms with Crippen molar-refractivity contribution in [2.24, 2.45) is 4.99 Å². The van der Waals surface area contributed by atoms with Crippen molar-refractivity contribution in [1.29, 1.82) is 0 Å². The minimum Gasteiger partial charge on any atom is -0.378 e. The van der Waals surface area contributed by atoms with Gasteiger partial charge in [-0.1, -0.05) is 29.3 Å². The number of nitrogens with zero attached hydrogens (tertiary/aromatic N) is 2. The van der Waals surface area contributed by atoms with Crippen LogP contribution in [0.25, 0.3) is 0 Å². The fraction of sp³-hybridized carbons (Fsp3) is 0.278. The molecule has 3 nitrogen and oxygen atoms in total. The van der Waals surface area contributed by atoms with Crippen molar-refractivity contribution in [3.63, 3.8) is 0 Å². The minimum absolute atomic E-state index is 0.552. The van der Waals surface area contributed by atoms with Gasteiger partial charge in [0.2, 0.25) is 0 Å². The molecule has 0 atom stereocenters. The van der Waals surface area contributed by atoms with Crippen LogP contribution < -0.4 is 4.90 Å². The summed E-state index contributed by atoms with van der Waals surface area (Å²) in [6.07, 6.45) is 1.84. The maximum Gasteiger partial charge on any atom is 0.0817 e. The van der Waals surface area contributed by atoms with E-state index in [0.717, 1.165) is 31.9 Å². The first-order chi connectivity index (χ1) is 11.1. The molecule has 3 rings (SSSR count). The molecule has 23 heavy (non-hydrogen) atoms. The number of aryl methyl sites for hydroxylation is 1. The molecule has 1 fully saturated rings. The van der Waals surface area contributed by atoms with E-state index in [1.165, 1.54) is 11.3 Å². The molecule has 0 spiro atoms. The Labute approximate surface area is 146 Å². The van der Waals surface area contributed by atoms with E-state index in [0.29, 0.717) is 15.7 Å². The van der Waals surface area contributed by atoms with Gasteiger partial charge in [0.05, 0.1) is 23.9 Å². The highest BCUT2D eigenvalue weighted by atomic mass is 35.5. The lowest BCUT2D eigenvalue weighted by atomic mass is 10.1. The van der Waals surface area contributed by atoms with Crippen molar-refractivity contribution in [3.05, 3.63) is 57.6 Å². The highest BCUT2D eigenvalue weighted by Crippen LogP contribution is 2.28. The lowest BCUT2D eigenvalue weighted by molar-refractivity contribution is 0.122. The summed E-state index contributed by atoms with van der Waals surface area (Å²) in [6.45, 7) is 5.55. The summed E-state index contributed by atoms with van der Waals surface area (Å²) in [7, 11) is 0. The molecule has 0 aliphatic carbocycles. The summed E-state index contributed by atoms with van der Waals surface area (Å²) >= 11 is 12.0. The summed E-state index contributed by atoms with van der Waals surface area (Å²) < 4.78 is 5.40. The monoisotopic (exact) mass is 348 g/mol. The van der Waals surface area contributed by atoms with Crippen molar-refractivity contribution in [2.75, 3.05) is 31.2 Å². The number of aliphatic imine (C=N–C) groups is 1. The van der Waals surface area contributed by atoms with Crippen LogP contribution in [0.15, 0.2) is 41.4 Å². The highest BCUT2D eigenvalue weighted by molar-refractivity contribution is 6.36. The first kappa shape index (κ1) is 16.3. The van der Waals surface area contributed by atoms with Crippen LogP contribution in [0, 0.1) is 6.92 Å². The number of hydrogen-bond donors (Lipinski definition) is 0. The lowest BCUT2D eigenvalue weighted by Crippen LogP contribution is -2.36. The number of ether oxygens (including phenoxy) is 1. The second-order valence-electron chi connectivity index (χ2n) is 5.49. The molecular formula is C18H18Cl2N2O.